The molecule has 7 heteroatoms. The molecule has 3 N–H and O–H groups in total. The van der Waals surface area contributed by atoms with E-state index in [2.05, 4.69) is 22.2 Å². The van der Waals surface area contributed by atoms with Crippen molar-refractivity contribution in [2.75, 3.05) is 16.9 Å². The largest absolute Gasteiger partial charge is 0.450 e. The average molecular weight is 305 g/mol. The number of anilines is 2. The van der Waals surface area contributed by atoms with Crippen molar-refractivity contribution in [1.29, 1.82) is 0 Å². The molecule has 2 heterocycles. The predicted octanol–water partition coefficient (Wildman–Crippen LogP) is 2.99. The first-order valence-electron chi connectivity index (χ1n) is 7.62. The van der Waals surface area contributed by atoms with Crippen LogP contribution in [-0.4, -0.2) is 29.4 Å². The van der Waals surface area contributed by atoms with E-state index in [9.17, 15) is 4.79 Å². The summed E-state index contributed by atoms with van der Waals surface area (Å²) in [4.78, 5) is 20.3. The first-order chi connectivity index (χ1) is 10.6. The van der Waals surface area contributed by atoms with Gasteiger partial charge in [0.15, 0.2) is 0 Å². The Morgan fingerprint density at radius 1 is 1.50 bits per heavy atom. The standard InChI is InChI=1S/C15H23N5O2/c1-4-6-7-11-10(3)20(16)13-8-14(17-9-12(13)18-11)19-15(21)22-5-2/h8-10H,4-7,16H2,1-3H3,(H,17,19,21). The van der Waals surface area contributed by atoms with Crippen molar-refractivity contribution < 1.29 is 9.53 Å². The van der Waals surface area contributed by atoms with Crippen molar-refractivity contribution in [3.05, 3.63) is 12.3 Å². The Morgan fingerprint density at radius 2 is 2.27 bits per heavy atom. The molecule has 0 bridgehead atoms. The number of carbonyl (C=O) groups is 1. The molecule has 0 saturated carbocycles. The number of carbonyl (C=O) groups excluding carboxylic acids is 1. The molecule has 0 aromatic carbocycles. The highest BCUT2D eigenvalue weighted by atomic mass is 16.5. The van der Waals surface area contributed by atoms with Gasteiger partial charge in [0.05, 0.1) is 24.5 Å². The van der Waals surface area contributed by atoms with Crippen molar-refractivity contribution in [3.8, 4) is 0 Å². The summed E-state index contributed by atoms with van der Waals surface area (Å²) in [5.74, 6) is 6.59. The van der Waals surface area contributed by atoms with Gasteiger partial charge in [0.2, 0.25) is 0 Å². The quantitative estimate of drug-likeness (QED) is 0.816. The van der Waals surface area contributed by atoms with Crippen molar-refractivity contribution in [2.24, 2.45) is 10.8 Å². The maximum absolute atomic E-state index is 11.5. The fraction of sp³-hybridized carbons (Fsp3) is 0.533. The molecule has 1 aromatic rings. The predicted molar refractivity (Wildman–Crippen MR) is 87.6 cm³/mol. The molecular formula is C15H23N5O2. The number of nitrogens with two attached hydrogens (primary N) is 1. The molecule has 7 nitrogen and oxygen atoms in total. The highest BCUT2D eigenvalue weighted by Crippen LogP contribution is 2.34. The highest BCUT2D eigenvalue weighted by molar-refractivity contribution is 5.98. The van der Waals surface area contributed by atoms with E-state index in [0.717, 1.165) is 36.3 Å². The van der Waals surface area contributed by atoms with Crippen LogP contribution >= 0.6 is 0 Å². The Labute approximate surface area is 130 Å². The molecule has 22 heavy (non-hydrogen) atoms. The minimum atomic E-state index is -0.533. The number of amides is 1. The van der Waals surface area contributed by atoms with Crippen molar-refractivity contribution in [3.63, 3.8) is 0 Å². The lowest BCUT2D eigenvalue weighted by atomic mass is 10.0. The lowest BCUT2D eigenvalue weighted by molar-refractivity contribution is 0.168. The number of nitrogens with zero attached hydrogens (tertiary/aromatic N) is 3. The first-order valence-corrected chi connectivity index (χ1v) is 7.62. The van der Waals surface area contributed by atoms with Crippen molar-refractivity contribution in [1.82, 2.24) is 4.98 Å². The lowest BCUT2D eigenvalue weighted by Gasteiger charge is -2.32. The molecule has 1 unspecified atom stereocenters. The Balaban J connectivity index is 2.23. The minimum absolute atomic E-state index is 0.0249. The van der Waals surface area contributed by atoms with Crippen LogP contribution in [0.15, 0.2) is 17.3 Å². The van der Waals surface area contributed by atoms with Crippen LogP contribution in [0.3, 0.4) is 0 Å². The van der Waals surface area contributed by atoms with Crippen LogP contribution in [-0.2, 0) is 4.74 Å². The van der Waals surface area contributed by atoms with E-state index in [1.807, 2.05) is 6.92 Å². The van der Waals surface area contributed by atoms with E-state index in [-0.39, 0.29) is 6.04 Å². The van der Waals surface area contributed by atoms with Gasteiger partial charge in [-0.2, -0.15) is 0 Å². The van der Waals surface area contributed by atoms with Crippen LogP contribution in [0.1, 0.15) is 40.0 Å². The molecule has 0 radical (unpaired) electrons. The summed E-state index contributed by atoms with van der Waals surface area (Å²) in [6.45, 7) is 6.23. The van der Waals surface area contributed by atoms with Gasteiger partial charge < -0.3 is 9.75 Å². The van der Waals surface area contributed by atoms with E-state index in [0.29, 0.717) is 12.4 Å². The molecule has 1 amide bonds. The highest BCUT2D eigenvalue weighted by Gasteiger charge is 2.25. The zero-order valence-electron chi connectivity index (χ0n) is 13.3. The Morgan fingerprint density at radius 3 is 2.95 bits per heavy atom. The zero-order valence-corrected chi connectivity index (χ0v) is 13.3. The van der Waals surface area contributed by atoms with E-state index in [1.54, 1.807) is 24.2 Å². The average Bonchev–Trinajstić information content (AvgIpc) is 2.50. The number of rotatable bonds is 5. The number of ether oxygens (including phenoxy) is 1. The number of fused-ring (bicyclic) bond motifs is 1. The summed E-state index contributed by atoms with van der Waals surface area (Å²) < 4.78 is 4.84. The fourth-order valence-electron chi connectivity index (χ4n) is 2.31. The second kappa shape index (κ2) is 7.22. The topological polar surface area (TPSA) is 92.8 Å². The molecule has 0 fully saturated rings. The summed E-state index contributed by atoms with van der Waals surface area (Å²) in [5, 5.41) is 4.24. The van der Waals surface area contributed by atoms with E-state index in [4.69, 9.17) is 10.6 Å². The smallest absolute Gasteiger partial charge is 0.412 e. The van der Waals surface area contributed by atoms with Gasteiger partial charge in [-0.3, -0.25) is 10.3 Å². The summed E-state index contributed by atoms with van der Waals surface area (Å²) in [5.41, 5.74) is 2.53. The van der Waals surface area contributed by atoms with Crippen molar-refractivity contribution >= 4 is 29.0 Å². The number of hydrazine groups is 1. The maximum Gasteiger partial charge on any atom is 0.412 e. The zero-order chi connectivity index (χ0) is 16.1. The molecule has 120 valence electrons. The normalized spacial score (nSPS) is 16.8. The van der Waals surface area contributed by atoms with Gasteiger partial charge in [-0.25, -0.2) is 15.6 Å². The number of hydrogen-bond donors (Lipinski definition) is 2. The molecule has 0 aliphatic carbocycles. The molecule has 1 aromatic heterocycles. The number of aromatic nitrogens is 1. The first kappa shape index (κ1) is 16.2. The molecule has 0 spiro atoms. The van der Waals surface area contributed by atoms with Crippen LogP contribution in [0.25, 0.3) is 0 Å². The Bertz CT molecular complexity index is 573. The monoisotopic (exact) mass is 305 g/mol. The van der Waals surface area contributed by atoms with Crippen LogP contribution in [0, 0.1) is 0 Å². The van der Waals surface area contributed by atoms with E-state index >= 15 is 0 Å². The van der Waals surface area contributed by atoms with Gasteiger partial charge in [0, 0.05) is 11.8 Å². The number of hydrogen-bond acceptors (Lipinski definition) is 6. The number of nitrogens with one attached hydrogen (secondary N) is 1. The van der Waals surface area contributed by atoms with Crippen LogP contribution in [0.5, 0.6) is 0 Å². The van der Waals surface area contributed by atoms with Crippen LogP contribution in [0.2, 0.25) is 0 Å². The molecule has 2 rings (SSSR count). The molecule has 1 atom stereocenters. The fourth-order valence-corrected chi connectivity index (χ4v) is 2.31. The molecule has 0 saturated heterocycles. The van der Waals surface area contributed by atoms with Crippen LogP contribution < -0.4 is 16.2 Å². The lowest BCUT2D eigenvalue weighted by Crippen LogP contribution is -2.46. The molecule has 1 aliphatic heterocycles. The van der Waals surface area contributed by atoms with E-state index < -0.39 is 6.09 Å². The minimum Gasteiger partial charge on any atom is -0.450 e. The Kier molecular flexibility index (Phi) is 5.32. The summed E-state index contributed by atoms with van der Waals surface area (Å²) in [6.07, 6.45) is 4.21. The van der Waals surface area contributed by atoms with Crippen LogP contribution in [0.4, 0.5) is 22.0 Å². The van der Waals surface area contributed by atoms with Gasteiger partial charge >= 0.3 is 6.09 Å². The third-order valence-corrected chi connectivity index (χ3v) is 3.60. The van der Waals surface area contributed by atoms with Gasteiger partial charge in [-0.15, -0.1) is 0 Å². The summed E-state index contributed by atoms with van der Waals surface area (Å²) >= 11 is 0. The van der Waals surface area contributed by atoms with E-state index in [1.165, 1.54) is 0 Å². The maximum atomic E-state index is 11.5. The number of aliphatic imine (C=N–C) groups is 1. The third kappa shape index (κ3) is 3.54. The number of unbranched alkanes of at least 4 members (excludes halogenated alkanes) is 1. The van der Waals surface area contributed by atoms with Crippen molar-refractivity contribution in [2.45, 2.75) is 46.1 Å². The summed E-state index contributed by atoms with van der Waals surface area (Å²) in [6, 6.07) is 1.74. The molecule has 1 aliphatic rings. The molecular weight excluding hydrogens is 282 g/mol. The van der Waals surface area contributed by atoms with Gasteiger partial charge in [0.1, 0.15) is 11.5 Å². The second-order valence-corrected chi connectivity index (χ2v) is 5.19. The summed E-state index contributed by atoms with van der Waals surface area (Å²) in [7, 11) is 0. The van der Waals surface area contributed by atoms with Gasteiger partial charge in [0.25, 0.3) is 0 Å². The van der Waals surface area contributed by atoms with Gasteiger partial charge in [-0.05, 0) is 26.7 Å². The third-order valence-electron chi connectivity index (χ3n) is 3.60. The second-order valence-electron chi connectivity index (χ2n) is 5.19. The Hall–Kier alpha value is -2.15. The number of pyridine rings is 1. The van der Waals surface area contributed by atoms with Gasteiger partial charge in [-0.1, -0.05) is 13.3 Å². The SMILES string of the molecule is CCCCC1=Nc2cnc(NC(=O)OCC)cc2N(N)C1C.